The average Bonchev–Trinajstić information content (AvgIpc) is 3.22. The van der Waals surface area contributed by atoms with Gasteiger partial charge < -0.3 is 21.1 Å². The molecule has 0 heterocycles. The first kappa shape index (κ1) is 14.8. The summed E-state index contributed by atoms with van der Waals surface area (Å²) < 4.78 is 0. The predicted molar refractivity (Wildman–Crippen MR) is 76.3 cm³/mol. The molecule has 112 valence electrons. The number of nitrogens with one attached hydrogen (secondary N) is 3. The van der Waals surface area contributed by atoms with Crippen molar-refractivity contribution in [3.8, 4) is 0 Å². The van der Waals surface area contributed by atoms with E-state index in [0.717, 1.165) is 18.4 Å². The van der Waals surface area contributed by atoms with Gasteiger partial charge in [0.2, 0.25) is 5.91 Å². The third-order valence-corrected chi connectivity index (χ3v) is 3.08. The van der Waals surface area contributed by atoms with Gasteiger partial charge in [-0.1, -0.05) is 6.07 Å². The fourth-order valence-corrected chi connectivity index (χ4v) is 1.72. The average molecular weight is 291 g/mol. The molecular weight excluding hydrogens is 274 g/mol. The molecule has 0 unspecified atom stereocenters. The Bertz CT molecular complexity index is 582. The lowest BCUT2D eigenvalue weighted by Gasteiger charge is -2.10. The number of urea groups is 1. The van der Waals surface area contributed by atoms with Gasteiger partial charge in [-0.05, 0) is 37.5 Å². The summed E-state index contributed by atoms with van der Waals surface area (Å²) in [6.45, 7) is 1.64. The third kappa shape index (κ3) is 4.48. The smallest absolute Gasteiger partial charge is 0.335 e. The van der Waals surface area contributed by atoms with Crippen LogP contribution < -0.4 is 16.0 Å². The molecular formula is C14H17N3O4. The van der Waals surface area contributed by atoms with E-state index in [2.05, 4.69) is 16.0 Å². The summed E-state index contributed by atoms with van der Waals surface area (Å²) in [6, 6.07) is 4.15. The van der Waals surface area contributed by atoms with Crippen molar-refractivity contribution >= 4 is 23.6 Å². The second-order valence-corrected chi connectivity index (χ2v) is 4.98. The lowest BCUT2D eigenvalue weighted by atomic mass is 10.1. The minimum absolute atomic E-state index is 0.0855. The molecule has 0 aromatic heterocycles. The number of amides is 3. The summed E-state index contributed by atoms with van der Waals surface area (Å²) in [5, 5.41) is 16.6. The molecule has 1 aliphatic rings. The minimum Gasteiger partial charge on any atom is -0.478 e. The molecule has 0 radical (unpaired) electrons. The van der Waals surface area contributed by atoms with Crippen LogP contribution in [0.5, 0.6) is 0 Å². The summed E-state index contributed by atoms with van der Waals surface area (Å²) >= 11 is 0. The Morgan fingerprint density at radius 1 is 1.29 bits per heavy atom. The lowest BCUT2D eigenvalue weighted by molar-refractivity contribution is -0.120. The van der Waals surface area contributed by atoms with Crippen molar-refractivity contribution in [2.45, 2.75) is 25.8 Å². The lowest BCUT2D eigenvalue weighted by Crippen LogP contribution is -2.39. The van der Waals surface area contributed by atoms with Crippen molar-refractivity contribution in [2.75, 3.05) is 11.9 Å². The highest BCUT2D eigenvalue weighted by Crippen LogP contribution is 2.18. The van der Waals surface area contributed by atoms with E-state index in [1.165, 1.54) is 12.1 Å². The summed E-state index contributed by atoms with van der Waals surface area (Å²) in [4.78, 5) is 34.0. The summed E-state index contributed by atoms with van der Waals surface area (Å²) in [5.74, 6) is -1.30. The zero-order valence-corrected chi connectivity index (χ0v) is 11.6. The molecule has 21 heavy (non-hydrogen) atoms. The summed E-state index contributed by atoms with van der Waals surface area (Å²) in [7, 11) is 0. The van der Waals surface area contributed by atoms with Gasteiger partial charge in [-0.2, -0.15) is 0 Å². The first-order valence-corrected chi connectivity index (χ1v) is 6.64. The van der Waals surface area contributed by atoms with Crippen molar-refractivity contribution < 1.29 is 19.5 Å². The van der Waals surface area contributed by atoms with Crippen LogP contribution in [0.2, 0.25) is 0 Å². The Hall–Kier alpha value is -2.57. The normalized spacial score (nSPS) is 13.4. The SMILES string of the molecule is Cc1ccc(C(=O)O)cc1NC(=O)NCC(=O)NC1CC1. The van der Waals surface area contributed by atoms with Crippen LogP contribution in [-0.4, -0.2) is 35.6 Å². The number of carbonyl (C=O) groups excluding carboxylic acids is 2. The van der Waals surface area contributed by atoms with E-state index >= 15 is 0 Å². The fourth-order valence-electron chi connectivity index (χ4n) is 1.72. The van der Waals surface area contributed by atoms with E-state index < -0.39 is 12.0 Å². The first-order valence-electron chi connectivity index (χ1n) is 6.64. The topological polar surface area (TPSA) is 108 Å². The van der Waals surface area contributed by atoms with Crippen LogP contribution >= 0.6 is 0 Å². The number of carbonyl (C=O) groups is 3. The number of rotatable bonds is 5. The van der Waals surface area contributed by atoms with E-state index in [4.69, 9.17) is 5.11 Å². The predicted octanol–water partition coefficient (Wildman–Crippen LogP) is 1.09. The number of carboxylic acids is 1. The molecule has 2 rings (SSSR count). The number of aromatic carboxylic acids is 1. The van der Waals surface area contributed by atoms with E-state index in [-0.39, 0.29) is 24.1 Å². The Morgan fingerprint density at radius 2 is 2.00 bits per heavy atom. The van der Waals surface area contributed by atoms with E-state index in [0.29, 0.717) is 5.69 Å². The maximum Gasteiger partial charge on any atom is 0.335 e. The van der Waals surface area contributed by atoms with Gasteiger partial charge in [0.05, 0.1) is 12.1 Å². The van der Waals surface area contributed by atoms with Crippen LogP contribution in [0.15, 0.2) is 18.2 Å². The molecule has 3 amide bonds. The van der Waals surface area contributed by atoms with Gasteiger partial charge in [0.25, 0.3) is 0 Å². The highest BCUT2D eigenvalue weighted by atomic mass is 16.4. The minimum atomic E-state index is -1.07. The number of anilines is 1. The molecule has 0 saturated heterocycles. The monoisotopic (exact) mass is 291 g/mol. The van der Waals surface area contributed by atoms with Gasteiger partial charge in [-0.3, -0.25) is 4.79 Å². The molecule has 1 saturated carbocycles. The largest absolute Gasteiger partial charge is 0.478 e. The van der Waals surface area contributed by atoms with E-state index in [1.54, 1.807) is 13.0 Å². The standard InChI is InChI=1S/C14H17N3O4/c1-8-2-3-9(13(19)20)6-11(8)17-14(21)15-7-12(18)16-10-4-5-10/h2-3,6,10H,4-5,7H2,1H3,(H,16,18)(H,19,20)(H2,15,17,21). The molecule has 1 fully saturated rings. The number of hydrogen-bond acceptors (Lipinski definition) is 3. The van der Waals surface area contributed by atoms with Crippen LogP contribution in [0.4, 0.5) is 10.5 Å². The van der Waals surface area contributed by atoms with Gasteiger partial charge in [-0.15, -0.1) is 0 Å². The first-order chi connectivity index (χ1) is 9.95. The maximum absolute atomic E-state index is 11.7. The van der Waals surface area contributed by atoms with Crippen molar-refractivity contribution in [3.63, 3.8) is 0 Å². The Morgan fingerprint density at radius 3 is 2.62 bits per heavy atom. The molecule has 4 N–H and O–H groups in total. The number of benzene rings is 1. The van der Waals surface area contributed by atoms with E-state index in [1.807, 2.05) is 0 Å². The van der Waals surface area contributed by atoms with Crippen LogP contribution in [-0.2, 0) is 4.79 Å². The highest BCUT2D eigenvalue weighted by Gasteiger charge is 2.23. The van der Waals surface area contributed by atoms with Gasteiger partial charge in [-0.25, -0.2) is 9.59 Å². The van der Waals surface area contributed by atoms with Crippen LogP contribution in [0.25, 0.3) is 0 Å². The number of carboxylic acid groups (broad SMARTS) is 1. The van der Waals surface area contributed by atoms with Crippen LogP contribution in [0.3, 0.4) is 0 Å². The molecule has 1 aliphatic carbocycles. The van der Waals surface area contributed by atoms with Crippen molar-refractivity contribution in [1.82, 2.24) is 10.6 Å². The Kier molecular flexibility index (Phi) is 4.42. The maximum atomic E-state index is 11.7. The van der Waals surface area contributed by atoms with Gasteiger partial charge in [0.15, 0.2) is 0 Å². The second-order valence-electron chi connectivity index (χ2n) is 4.98. The van der Waals surface area contributed by atoms with Crippen molar-refractivity contribution in [1.29, 1.82) is 0 Å². The Balaban J connectivity index is 1.87. The van der Waals surface area contributed by atoms with Gasteiger partial charge in [0.1, 0.15) is 0 Å². The molecule has 0 aliphatic heterocycles. The molecule has 7 heteroatoms. The summed E-state index contributed by atoms with van der Waals surface area (Å²) in [6.07, 6.45) is 1.97. The second kappa shape index (κ2) is 6.25. The Labute approximate surface area is 121 Å². The highest BCUT2D eigenvalue weighted by molar-refractivity contribution is 5.95. The van der Waals surface area contributed by atoms with Gasteiger partial charge >= 0.3 is 12.0 Å². The molecule has 7 nitrogen and oxygen atoms in total. The fraction of sp³-hybridized carbons (Fsp3) is 0.357. The number of aryl methyl sites for hydroxylation is 1. The van der Waals surface area contributed by atoms with Gasteiger partial charge in [0, 0.05) is 11.7 Å². The molecule has 0 atom stereocenters. The molecule has 0 spiro atoms. The molecule has 1 aromatic carbocycles. The quantitative estimate of drug-likeness (QED) is 0.651. The van der Waals surface area contributed by atoms with Crippen LogP contribution in [0, 0.1) is 6.92 Å². The number of hydrogen-bond donors (Lipinski definition) is 4. The van der Waals surface area contributed by atoms with Crippen LogP contribution in [0.1, 0.15) is 28.8 Å². The van der Waals surface area contributed by atoms with Crippen molar-refractivity contribution in [2.24, 2.45) is 0 Å². The van der Waals surface area contributed by atoms with E-state index in [9.17, 15) is 14.4 Å². The third-order valence-electron chi connectivity index (χ3n) is 3.08. The summed E-state index contributed by atoms with van der Waals surface area (Å²) in [5.41, 5.74) is 1.22. The van der Waals surface area contributed by atoms with Crippen molar-refractivity contribution in [3.05, 3.63) is 29.3 Å². The zero-order chi connectivity index (χ0) is 15.4. The molecule has 0 bridgehead atoms. The molecule has 1 aromatic rings. The zero-order valence-electron chi connectivity index (χ0n) is 11.6.